The van der Waals surface area contributed by atoms with Crippen molar-refractivity contribution in [3.63, 3.8) is 0 Å². The van der Waals surface area contributed by atoms with Gasteiger partial charge in [0.25, 0.3) is 0 Å². The minimum absolute atomic E-state index is 0.0161. The molecule has 2 rings (SSSR count). The van der Waals surface area contributed by atoms with Gasteiger partial charge >= 0.3 is 0 Å². The van der Waals surface area contributed by atoms with Crippen LogP contribution >= 0.6 is 0 Å². The number of rotatable bonds is 5. The zero-order chi connectivity index (χ0) is 12.1. The third kappa shape index (κ3) is 4.07. The van der Waals surface area contributed by atoms with Crippen molar-refractivity contribution in [3.05, 3.63) is 30.1 Å². The van der Waals surface area contributed by atoms with E-state index in [9.17, 15) is 8.42 Å². The summed E-state index contributed by atoms with van der Waals surface area (Å²) in [6, 6.07) is 3.71. The van der Waals surface area contributed by atoms with Crippen molar-refractivity contribution in [1.82, 2.24) is 15.0 Å². The van der Waals surface area contributed by atoms with Gasteiger partial charge < -0.3 is 5.32 Å². The normalized spacial score (nSPS) is 20.6. The number of hydrogen-bond donors (Lipinski definition) is 2. The van der Waals surface area contributed by atoms with E-state index in [1.165, 1.54) is 0 Å². The first-order chi connectivity index (χ1) is 8.16. The highest BCUT2D eigenvalue weighted by Crippen LogP contribution is 2.06. The summed E-state index contributed by atoms with van der Waals surface area (Å²) < 4.78 is 26.2. The van der Waals surface area contributed by atoms with Crippen LogP contribution in [0.2, 0.25) is 0 Å². The molecule has 1 aromatic rings. The third-order valence-electron chi connectivity index (χ3n) is 2.82. The van der Waals surface area contributed by atoms with Gasteiger partial charge in [0.15, 0.2) is 0 Å². The quantitative estimate of drug-likeness (QED) is 0.791. The van der Waals surface area contributed by atoms with Gasteiger partial charge in [-0.05, 0) is 37.1 Å². The standard InChI is InChI=1S/C11H17N3O2S/c15-17(16,9-10-3-6-12-7-4-10)14-8-11-2-1-5-13-11/h3-4,6-7,11,13-14H,1-2,5,8-9H2/t11-/m0/s1. The molecule has 0 bridgehead atoms. The van der Waals surface area contributed by atoms with E-state index in [2.05, 4.69) is 15.0 Å². The van der Waals surface area contributed by atoms with Crippen LogP contribution in [-0.2, 0) is 15.8 Å². The molecule has 6 heteroatoms. The molecule has 0 aromatic carbocycles. The van der Waals surface area contributed by atoms with Gasteiger partial charge in [0.2, 0.25) is 10.0 Å². The van der Waals surface area contributed by atoms with Crippen LogP contribution in [0.1, 0.15) is 18.4 Å². The van der Waals surface area contributed by atoms with Crippen LogP contribution in [0, 0.1) is 0 Å². The van der Waals surface area contributed by atoms with E-state index in [1.807, 2.05) is 0 Å². The lowest BCUT2D eigenvalue weighted by Gasteiger charge is -2.11. The molecule has 1 aliphatic rings. The summed E-state index contributed by atoms with van der Waals surface area (Å²) in [7, 11) is -3.24. The molecule has 0 spiro atoms. The van der Waals surface area contributed by atoms with Crippen LogP contribution < -0.4 is 10.0 Å². The largest absolute Gasteiger partial charge is 0.313 e. The fourth-order valence-corrected chi connectivity index (χ4v) is 3.10. The van der Waals surface area contributed by atoms with Crippen molar-refractivity contribution in [3.8, 4) is 0 Å². The average Bonchev–Trinajstić information content (AvgIpc) is 2.80. The first-order valence-corrected chi connectivity index (χ1v) is 7.40. The summed E-state index contributed by atoms with van der Waals surface area (Å²) in [6.07, 6.45) is 5.36. The Labute approximate surface area is 102 Å². The van der Waals surface area contributed by atoms with Crippen molar-refractivity contribution in [2.45, 2.75) is 24.6 Å². The van der Waals surface area contributed by atoms with Gasteiger partial charge in [-0.25, -0.2) is 13.1 Å². The van der Waals surface area contributed by atoms with Crippen molar-refractivity contribution in [1.29, 1.82) is 0 Å². The molecular formula is C11H17N3O2S. The van der Waals surface area contributed by atoms with Crippen LogP contribution in [-0.4, -0.2) is 32.5 Å². The molecule has 0 amide bonds. The van der Waals surface area contributed by atoms with Gasteiger partial charge in [0, 0.05) is 25.0 Å². The highest BCUT2D eigenvalue weighted by molar-refractivity contribution is 7.88. The Hall–Kier alpha value is -0.980. The minimum atomic E-state index is -3.24. The van der Waals surface area contributed by atoms with Crippen molar-refractivity contribution < 1.29 is 8.42 Å². The molecule has 0 saturated carbocycles. The molecule has 1 atom stereocenters. The number of nitrogens with one attached hydrogen (secondary N) is 2. The Morgan fingerprint density at radius 2 is 2.18 bits per heavy atom. The summed E-state index contributed by atoms with van der Waals surface area (Å²) >= 11 is 0. The number of nitrogens with zero attached hydrogens (tertiary/aromatic N) is 1. The average molecular weight is 255 g/mol. The molecule has 94 valence electrons. The van der Waals surface area contributed by atoms with Gasteiger partial charge in [-0.1, -0.05) is 0 Å². The van der Waals surface area contributed by atoms with E-state index in [1.54, 1.807) is 24.5 Å². The van der Waals surface area contributed by atoms with Crippen molar-refractivity contribution in [2.24, 2.45) is 0 Å². The second-order valence-corrected chi connectivity index (χ2v) is 6.06. The van der Waals surface area contributed by atoms with Gasteiger partial charge in [0.1, 0.15) is 0 Å². The van der Waals surface area contributed by atoms with Crippen LogP contribution in [0.3, 0.4) is 0 Å². The number of sulfonamides is 1. The maximum atomic E-state index is 11.8. The second kappa shape index (κ2) is 5.57. The fraction of sp³-hybridized carbons (Fsp3) is 0.545. The molecule has 2 N–H and O–H groups in total. The molecule has 1 saturated heterocycles. The number of aromatic nitrogens is 1. The SMILES string of the molecule is O=S(=O)(Cc1ccncc1)NC[C@@H]1CCCN1. The lowest BCUT2D eigenvalue weighted by atomic mass is 10.2. The highest BCUT2D eigenvalue weighted by Gasteiger charge is 2.17. The van der Waals surface area contributed by atoms with Gasteiger partial charge in [-0.15, -0.1) is 0 Å². The molecule has 17 heavy (non-hydrogen) atoms. The summed E-state index contributed by atoms with van der Waals surface area (Å²) in [5.41, 5.74) is 0.756. The Balaban J connectivity index is 1.86. The Kier molecular flexibility index (Phi) is 4.09. The van der Waals surface area contributed by atoms with E-state index in [0.717, 1.165) is 24.9 Å². The highest BCUT2D eigenvalue weighted by atomic mass is 32.2. The van der Waals surface area contributed by atoms with E-state index < -0.39 is 10.0 Å². The molecule has 0 aliphatic carbocycles. The molecule has 0 radical (unpaired) electrons. The maximum absolute atomic E-state index is 11.8. The van der Waals surface area contributed by atoms with Gasteiger partial charge in [-0.3, -0.25) is 4.98 Å². The smallest absolute Gasteiger partial charge is 0.215 e. The lowest BCUT2D eigenvalue weighted by Crippen LogP contribution is -2.37. The number of pyridine rings is 1. The van der Waals surface area contributed by atoms with Gasteiger partial charge in [0.05, 0.1) is 5.75 Å². The molecule has 1 fully saturated rings. The zero-order valence-corrected chi connectivity index (χ0v) is 10.4. The predicted octanol–water partition coefficient (Wildman–Crippen LogP) is 0.253. The maximum Gasteiger partial charge on any atom is 0.215 e. The topological polar surface area (TPSA) is 71.1 Å². The molecule has 0 unspecified atom stereocenters. The molecule has 1 aliphatic heterocycles. The van der Waals surface area contributed by atoms with Crippen LogP contribution in [0.5, 0.6) is 0 Å². The van der Waals surface area contributed by atoms with E-state index in [-0.39, 0.29) is 11.8 Å². The monoisotopic (exact) mass is 255 g/mol. The summed E-state index contributed by atoms with van der Waals surface area (Å²) in [5, 5.41) is 3.26. The minimum Gasteiger partial charge on any atom is -0.313 e. The lowest BCUT2D eigenvalue weighted by molar-refractivity contribution is 0.551. The fourth-order valence-electron chi connectivity index (χ4n) is 1.91. The first kappa shape index (κ1) is 12.5. The van der Waals surface area contributed by atoms with Crippen molar-refractivity contribution >= 4 is 10.0 Å². The van der Waals surface area contributed by atoms with Crippen LogP contribution in [0.4, 0.5) is 0 Å². The Morgan fingerprint density at radius 3 is 2.82 bits per heavy atom. The first-order valence-electron chi connectivity index (χ1n) is 5.75. The van der Waals surface area contributed by atoms with Crippen molar-refractivity contribution in [2.75, 3.05) is 13.1 Å². The van der Waals surface area contributed by atoms with Gasteiger partial charge in [-0.2, -0.15) is 0 Å². The summed E-state index contributed by atoms with van der Waals surface area (Å²) in [4.78, 5) is 3.86. The Morgan fingerprint density at radius 1 is 1.41 bits per heavy atom. The number of hydrogen-bond acceptors (Lipinski definition) is 4. The third-order valence-corrected chi connectivity index (χ3v) is 4.14. The molecule has 5 nitrogen and oxygen atoms in total. The van der Waals surface area contributed by atoms with E-state index in [4.69, 9.17) is 0 Å². The van der Waals surface area contributed by atoms with E-state index >= 15 is 0 Å². The second-order valence-electron chi connectivity index (χ2n) is 4.26. The molecule has 2 heterocycles. The predicted molar refractivity (Wildman–Crippen MR) is 65.9 cm³/mol. The summed E-state index contributed by atoms with van der Waals surface area (Å²) in [5.74, 6) is 0.0161. The molecular weight excluding hydrogens is 238 g/mol. The molecule has 1 aromatic heterocycles. The van der Waals surface area contributed by atoms with E-state index in [0.29, 0.717) is 6.54 Å². The van der Waals surface area contributed by atoms with Crippen LogP contribution in [0.25, 0.3) is 0 Å². The zero-order valence-electron chi connectivity index (χ0n) is 9.59. The Bertz CT molecular complexity index is 441. The summed E-state index contributed by atoms with van der Waals surface area (Å²) in [6.45, 7) is 1.46. The van der Waals surface area contributed by atoms with Crippen LogP contribution in [0.15, 0.2) is 24.5 Å².